The molecule has 1 N–H and O–H groups in total. The van der Waals surface area contributed by atoms with Crippen LogP contribution in [0.3, 0.4) is 0 Å². The molecule has 26 heavy (non-hydrogen) atoms. The average Bonchev–Trinajstić information content (AvgIpc) is 2.60. The van der Waals surface area contributed by atoms with Crippen molar-refractivity contribution >= 4 is 11.4 Å². The molecular formula is C22H35NO2S. The molecule has 1 saturated carbocycles. The van der Waals surface area contributed by atoms with Gasteiger partial charge in [0.1, 0.15) is 4.75 Å². The first-order valence-corrected chi connectivity index (χ1v) is 10.9. The van der Waals surface area contributed by atoms with Crippen LogP contribution in [0.5, 0.6) is 0 Å². The van der Waals surface area contributed by atoms with Gasteiger partial charge < -0.3 is 9.29 Å². The Morgan fingerprint density at radius 3 is 2.69 bits per heavy atom. The molecule has 0 heterocycles. The van der Waals surface area contributed by atoms with Crippen LogP contribution in [-0.2, 0) is 22.7 Å². The fourth-order valence-corrected chi connectivity index (χ4v) is 4.79. The van der Waals surface area contributed by atoms with Gasteiger partial charge in [-0.1, -0.05) is 49.2 Å². The monoisotopic (exact) mass is 377 g/mol. The maximum atomic E-state index is 12.8. The van der Waals surface area contributed by atoms with Crippen LogP contribution in [0.25, 0.3) is 0 Å². The van der Waals surface area contributed by atoms with Crippen LogP contribution in [0.2, 0.25) is 0 Å². The van der Waals surface area contributed by atoms with Crippen LogP contribution >= 0.6 is 0 Å². The first-order chi connectivity index (χ1) is 12.4. The zero-order valence-electron chi connectivity index (χ0n) is 16.6. The van der Waals surface area contributed by atoms with Crippen LogP contribution in [-0.4, -0.2) is 21.4 Å². The molecule has 0 saturated heterocycles. The lowest BCUT2D eigenvalue weighted by Crippen LogP contribution is -2.58. The Morgan fingerprint density at radius 1 is 1.31 bits per heavy atom. The Balaban J connectivity index is 1.96. The van der Waals surface area contributed by atoms with Crippen molar-refractivity contribution in [2.24, 2.45) is 5.92 Å². The summed E-state index contributed by atoms with van der Waals surface area (Å²) in [7, 11) is 0. The number of nitrogens with one attached hydrogen (secondary N) is 1. The summed E-state index contributed by atoms with van der Waals surface area (Å²) in [4.78, 5) is 0. The molecule has 0 spiro atoms. The van der Waals surface area contributed by atoms with Gasteiger partial charge in [-0.3, -0.25) is 0 Å². The van der Waals surface area contributed by atoms with E-state index >= 15 is 0 Å². The number of benzene rings is 1. The Kier molecular flexibility index (Phi) is 8.21. The Hall–Kier alpha value is -0.810. The second kappa shape index (κ2) is 9.93. The predicted molar refractivity (Wildman–Crippen MR) is 111 cm³/mol. The van der Waals surface area contributed by atoms with Crippen LogP contribution in [0.15, 0.2) is 43.0 Å². The highest BCUT2D eigenvalue weighted by Crippen LogP contribution is 2.40. The minimum absolute atomic E-state index is 0.117. The summed E-state index contributed by atoms with van der Waals surface area (Å²) >= 11 is -1.07. The van der Waals surface area contributed by atoms with Gasteiger partial charge in [-0.15, -0.1) is 11.3 Å². The van der Waals surface area contributed by atoms with Crippen LogP contribution in [0, 0.1) is 5.92 Å². The van der Waals surface area contributed by atoms with Crippen molar-refractivity contribution in [2.45, 2.75) is 76.2 Å². The second-order valence-corrected chi connectivity index (χ2v) is 10.4. The van der Waals surface area contributed by atoms with Gasteiger partial charge in [0.15, 0.2) is 0 Å². The highest BCUT2D eigenvalue weighted by atomic mass is 32.2. The van der Waals surface area contributed by atoms with Crippen molar-refractivity contribution < 1.29 is 9.29 Å². The molecule has 0 bridgehead atoms. The molecule has 2 rings (SSSR count). The Labute approximate surface area is 162 Å². The van der Waals surface area contributed by atoms with Gasteiger partial charge >= 0.3 is 0 Å². The Bertz CT molecular complexity index is 543. The van der Waals surface area contributed by atoms with Gasteiger partial charge in [0.25, 0.3) is 0 Å². The fourth-order valence-electron chi connectivity index (χ4n) is 3.76. The van der Waals surface area contributed by atoms with Crippen molar-refractivity contribution in [2.75, 3.05) is 6.61 Å². The molecule has 146 valence electrons. The third kappa shape index (κ3) is 6.12. The molecule has 1 aliphatic carbocycles. The van der Waals surface area contributed by atoms with Crippen molar-refractivity contribution in [3.8, 4) is 0 Å². The first-order valence-electron chi connectivity index (χ1n) is 9.80. The van der Waals surface area contributed by atoms with Gasteiger partial charge in [0.05, 0.1) is 12.1 Å². The van der Waals surface area contributed by atoms with Gasteiger partial charge in [-0.05, 0) is 57.9 Å². The van der Waals surface area contributed by atoms with Crippen LogP contribution in [0.1, 0.15) is 64.9 Å². The molecule has 1 aliphatic rings. The molecule has 1 aromatic carbocycles. The molecule has 0 aromatic heterocycles. The molecule has 0 amide bonds. The van der Waals surface area contributed by atoms with E-state index in [1.54, 1.807) is 0 Å². The summed E-state index contributed by atoms with van der Waals surface area (Å²) < 4.78 is 22.0. The van der Waals surface area contributed by atoms with Gasteiger partial charge in [-0.25, -0.2) is 0 Å². The molecule has 3 nitrogen and oxygen atoms in total. The highest BCUT2D eigenvalue weighted by Gasteiger charge is 2.45. The average molecular weight is 378 g/mol. The van der Waals surface area contributed by atoms with E-state index in [1.807, 2.05) is 45.0 Å². The predicted octanol–water partition coefficient (Wildman–Crippen LogP) is 5.15. The first kappa shape index (κ1) is 21.5. The summed E-state index contributed by atoms with van der Waals surface area (Å²) in [5.74, 6) is 0.469. The van der Waals surface area contributed by atoms with E-state index in [0.29, 0.717) is 12.5 Å². The third-order valence-electron chi connectivity index (χ3n) is 5.29. The van der Waals surface area contributed by atoms with Crippen molar-refractivity contribution in [1.29, 1.82) is 0 Å². The molecule has 0 radical (unpaired) electrons. The molecule has 0 aliphatic heterocycles. The molecule has 4 heteroatoms. The van der Waals surface area contributed by atoms with E-state index in [0.717, 1.165) is 32.3 Å². The van der Waals surface area contributed by atoms with E-state index in [9.17, 15) is 4.55 Å². The standard InChI is InChI=1S/C22H35NO2S/c1-5-15-22(23-26(24)21(2,3)4)16-10-9-13-20(22)14-17-25-18-19-11-7-6-8-12-19/h5-8,11-12,20,23H,1,9-10,13-18H2,2-4H3/t20-,22+,26?/m0/s1. The molecule has 1 fully saturated rings. The van der Waals surface area contributed by atoms with Crippen molar-refractivity contribution in [3.63, 3.8) is 0 Å². The van der Waals surface area contributed by atoms with Gasteiger partial charge in [0, 0.05) is 18.0 Å². The van der Waals surface area contributed by atoms with E-state index in [1.165, 1.54) is 18.4 Å². The summed E-state index contributed by atoms with van der Waals surface area (Å²) in [6, 6.07) is 10.3. The maximum absolute atomic E-state index is 12.8. The molecular weight excluding hydrogens is 342 g/mol. The number of hydrogen-bond donors (Lipinski definition) is 1. The van der Waals surface area contributed by atoms with E-state index in [-0.39, 0.29) is 10.3 Å². The maximum Gasteiger partial charge on any atom is 0.136 e. The Morgan fingerprint density at radius 2 is 2.04 bits per heavy atom. The summed E-state index contributed by atoms with van der Waals surface area (Å²) in [5, 5.41) is 0. The van der Waals surface area contributed by atoms with E-state index < -0.39 is 11.4 Å². The highest BCUT2D eigenvalue weighted by molar-refractivity contribution is 7.90. The van der Waals surface area contributed by atoms with Gasteiger partial charge in [0.2, 0.25) is 0 Å². The summed E-state index contributed by atoms with van der Waals surface area (Å²) in [6.45, 7) is 11.4. The number of rotatable bonds is 9. The minimum atomic E-state index is -1.07. The van der Waals surface area contributed by atoms with E-state index in [4.69, 9.17) is 4.74 Å². The number of ether oxygens (including phenoxy) is 1. The lowest BCUT2D eigenvalue weighted by molar-refractivity contribution is 0.0751. The second-order valence-electron chi connectivity index (χ2n) is 8.40. The smallest absolute Gasteiger partial charge is 0.136 e. The largest absolute Gasteiger partial charge is 0.598 e. The lowest BCUT2D eigenvalue weighted by atomic mass is 9.70. The molecule has 1 unspecified atom stereocenters. The summed E-state index contributed by atoms with van der Waals surface area (Å²) in [5.41, 5.74) is 1.09. The molecule has 1 aromatic rings. The van der Waals surface area contributed by atoms with Crippen molar-refractivity contribution in [3.05, 3.63) is 48.6 Å². The zero-order valence-corrected chi connectivity index (χ0v) is 17.4. The van der Waals surface area contributed by atoms with Crippen molar-refractivity contribution in [1.82, 2.24) is 4.72 Å². The summed E-state index contributed by atoms with van der Waals surface area (Å²) in [6.07, 6.45) is 8.49. The topological polar surface area (TPSA) is 44.3 Å². The fraction of sp³-hybridized carbons (Fsp3) is 0.636. The lowest BCUT2D eigenvalue weighted by Gasteiger charge is -2.45. The third-order valence-corrected chi connectivity index (χ3v) is 6.99. The van der Waals surface area contributed by atoms with Crippen LogP contribution in [0.4, 0.5) is 0 Å². The van der Waals surface area contributed by atoms with Gasteiger partial charge in [-0.2, -0.15) is 0 Å². The zero-order chi connectivity index (χ0) is 19.0. The molecule has 3 atom stereocenters. The van der Waals surface area contributed by atoms with Crippen LogP contribution < -0.4 is 4.72 Å². The number of hydrogen-bond acceptors (Lipinski definition) is 3. The minimum Gasteiger partial charge on any atom is -0.598 e. The quantitative estimate of drug-likeness (QED) is 0.368. The van der Waals surface area contributed by atoms with E-state index in [2.05, 4.69) is 23.4 Å². The normalized spacial score (nSPS) is 25.0. The SMILES string of the molecule is C=CC[C@@]1(N[S+]([O-])C(C)(C)C)CCCC[C@H]1CCOCc1ccccc1.